The number of halogens is 1. The van der Waals surface area contributed by atoms with Crippen LogP contribution < -0.4 is 11.3 Å². The molecule has 1 aromatic rings. The highest BCUT2D eigenvalue weighted by Gasteiger charge is 2.15. The second-order valence-electron chi connectivity index (χ2n) is 3.37. The van der Waals surface area contributed by atoms with Gasteiger partial charge < -0.3 is 0 Å². The minimum absolute atomic E-state index is 0.0546. The highest BCUT2D eigenvalue weighted by atomic mass is 79.9. The predicted octanol–water partition coefficient (Wildman–Crippen LogP) is 0.930. The normalized spacial score (nSPS) is 14.1. The highest BCUT2D eigenvalue weighted by molar-refractivity contribution is 9.11. The predicted molar refractivity (Wildman–Crippen MR) is 66.5 cm³/mol. The van der Waals surface area contributed by atoms with Crippen LogP contribution >= 0.6 is 27.3 Å². The van der Waals surface area contributed by atoms with Crippen molar-refractivity contribution in [2.45, 2.75) is 12.5 Å². The van der Waals surface area contributed by atoms with E-state index >= 15 is 0 Å². The van der Waals surface area contributed by atoms with Gasteiger partial charge in [-0.05, 0) is 34.5 Å². The van der Waals surface area contributed by atoms with E-state index in [0.717, 1.165) is 8.66 Å². The molecule has 3 N–H and O–H groups in total. The lowest BCUT2D eigenvalue weighted by Gasteiger charge is -2.13. The minimum Gasteiger partial charge on any atom is -0.271 e. The molecular formula is C8H13BrN2O2S2. The second-order valence-corrected chi connectivity index (χ2v) is 8.10. The third-order valence-corrected chi connectivity index (χ3v) is 4.47. The fourth-order valence-electron chi connectivity index (χ4n) is 1.24. The second kappa shape index (κ2) is 5.40. The van der Waals surface area contributed by atoms with Gasteiger partial charge in [0.2, 0.25) is 0 Å². The molecule has 1 aromatic heterocycles. The Morgan fingerprint density at radius 1 is 1.60 bits per heavy atom. The van der Waals surface area contributed by atoms with E-state index in [2.05, 4.69) is 21.4 Å². The van der Waals surface area contributed by atoms with Crippen LogP contribution in [0.25, 0.3) is 0 Å². The molecule has 0 spiro atoms. The Balaban J connectivity index is 2.62. The maximum absolute atomic E-state index is 11.1. The Morgan fingerprint density at radius 2 is 2.27 bits per heavy atom. The van der Waals surface area contributed by atoms with Crippen molar-refractivity contribution in [3.63, 3.8) is 0 Å². The summed E-state index contributed by atoms with van der Waals surface area (Å²) in [5.41, 5.74) is 2.53. The van der Waals surface area contributed by atoms with E-state index in [-0.39, 0.29) is 11.8 Å². The molecule has 0 aliphatic heterocycles. The molecule has 0 saturated carbocycles. The highest BCUT2D eigenvalue weighted by Crippen LogP contribution is 2.23. The van der Waals surface area contributed by atoms with Gasteiger partial charge >= 0.3 is 0 Å². The Labute approximate surface area is 102 Å². The summed E-state index contributed by atoms with van der Waals surface area (Å²) in [4.78, 5) is 1.11. The van der Waals surface area contributed by atoms with Crippen LogP contribution in [0.4, 0.5) is 0 Å². The molecule has 7 heteroatoms. The number of nitrogens with two attached hydrogens (primary N) is 1. The number of hydrazine groups is 1. The van der Waals surface area contributed by atoms with Crippen LogP contribution in [0.15, 0.2) is 15.9 Å². The van der Waals surface area contributed by atoms with Gasteiger partial charge in [0, 0.05) is 17.2 Å². The lowest BCUT2D eigenvalue weighted by Crippen LogP contribution is -2.41. The van der Waals surface area contributed by atoms with Crippen LogP contribution in [0.1, 0.15) is 4.88 Å². The first kappa shape index (κ1) is 13.1. The number of sulfone groups is 1. The SMILES string of the molecule is CS(=O)(=O)CC(Cc1ccc(Br)s1)NN. The van der Waals surface area contributed by atoms with Crippen molar-refractivity contribution in [3.8, 4) is 0 Å². The summed E-state index contributed by atoms with van der Waals surface area (Å²) < 4.78 is 23.2. The fourth-order valence-corrected chi connectivity index (χ4v) is 3.74. The first-order valence-electron chi connectivity index (χ1n) is 4.29. The van der Waals surface area contributed by atoms with Crippen LogP contribution in [0.2, 0.25) is 0 Å². The quantitative estimate of drug-likeness (QED) is 0.627. The van der Waals surface area contributed by atoms with E-state index in [9.17, 15) is 8.42 Å². The van der Waals surface area contributed by atoms with Gasteiger partial charge in [-0.2, -0.15) is 0 Å². The number of nitrogens with one attached hydrogen (secondary N) is 1. The van der Waals surface area contributed by atoms with Crippen LogP contribution in [0.5, 0.6) is 0 Å². The summed E-state index contributed by atoms with van der Waals surface area (Å²) in [6.07, 6.45) is 1.83. The number of rotatable bonds is 5. The van der Waals surface area contributed by atoms with Gasteiger partial charge in [-0.3, -0.25) is 11.3 Å². The van der Waals surface area contributed by atoms with E-state index in [4.69, 9.17) is 5.84 Å². The zero-order valence-electron chi connectivity index (χ0n) is 8.23. The maximum atomic E-state index is 11.1. The first-order valence-corrected chi connectivity index (χ1v) is 7.96. The van der Waals surface area contributed by atoms with Gasteiger partial charge in [0.1, 0.15) is 9.84 Å². The van der Waals surface area contributed by atoms with Crippen molar-refractivity contribution >= 4 is 37.1 Å². The minimum atomic E-state index is -3.00. The number of hydrogen-bond acceptors (Lipinski definition) is 5. The number of thiophene rings is 1. The molecule has 1 rings (SSSR count). The average Bonchev–Trinajstić information content (AvgIpc) is 2.47. The molecule has 1 unspecified atom stereocenters. The van der Waals surface area contributed by atoms with E-state index in [1.54, 1.807) is 11.3 Å². The molecule has 0 bridgehead atoms. The van der Waals surface area contributed by atoms with Gasteiger partial charge in [-0.25, -0.2) is 8.42 Å². The third-order valence-electron chi connectivity index (χ3n) is 1.82. The average molecular weight is 313 g/mol. The van der Waals surface area contributed by atoms with Crippen molar-refractivity contribution in [2.24, 2.45) is 5.84 Å². The van der Waals surface area contributed by atoms with Gasteiger partial charge in [0.05, 0.1) is 9.54 Å². The van der Waals surface area contributed by atoms with Gasteiger partial charge in [0.25, 0.3) is 0 Å². The molecule has 0 radical (unpaired) electrons. The molecular weight excluding hydrogens is 300 g/mol. The summed E-state index contributed by atoms with van der Waals surface area (Å²) in [5.74, 6) is 5.37. The molecule has 0 saturated heterocycles. The van der Waals surface area contributed by atoms with Crippen molar-refractivity contribution in [3.05, 3.63) is 20.8 Å². The summed E-state index contributed by atoms with van der Waals surface area (Å²) in [7, 11) is -3.00. The molecule has 0 amide bonds. The van der Waals surface area contributed by atoms with Crippen molar-refractivity contribution in [1.29, 1.82) is 0 Å². The molecule has 4 nitrogen and oxygen atoms in total. The Kier molecular flexibility index (Phi) is 4.72. The monoisotopic (exact) mass is 312 g/mol. The van der Waals surface area contributed by atoms with E-state index in [0.29, 0.717) is 6.42 Å². The summed E-state index contributed by atoms with van der Waals surface area (Å²) in [6.45, 7) is 0. The molecule has 15 heavy (non-hydrogen) atoms. The van der Waals surface area contributed by atoms with Gasteiger partial charge in [-0.1, -0.05) is 0 Å². The largest absolute Gasteiger partial charge is 0.271 e. The molecule has 0 aliphatic rings. The summed E-state index contributed by atoms with van der Waals surface area (Å²) >= 11 is 4.94. The van der Waals surface area contributed by atoms with Crippen LogP contribution in [0.3, 0.4) is 0 Å². The topological polar surface area (TPSA) is 72.2 Å². The lowest BCUT2D eigenvalue weighted by atomic mass is 10.2. The van der Waals surface area contributed by atoms with E-state index in [1.165, 1.54) is 6.26 Å². The zero-order chi connectivity index (χ0) is 11.5. The van der Waals surface area contributed by atoms with E-state index < -0.39 is 9.84 Å². The van der Waals surface area contributed by atoms with Crippen molar-refractivity contribution in [1.82, 2.24) is 5.43 Å². The smallest absolute Gasteiger partial charge is 0.149 e. The molecule has 86 valence electrons. The summed E-state index contributed by atoms with van der Waals surface area (Å²) in [5, 5.41) is 0. The zero-order valence-corrected chi connectivity index (χ0v) is 11.5. The Hall–Kier alpha value is 0.0500. The fraction of sp³-hybridized carbons (Fsp3) is 0.500. The van der Waals surface area contributed by atoms with Gasteiger partial charge in [0.15, 0.2) is 0 Å². The van der Waals surface area contributed by atoms with Crippen molar-refractivity contribution < 1.29 is 8.42 Å². The summed E-state index contributed by atoms with van der Waals surface area (Å²) in [6, 6.07) is 3.67. The molecule has 0 aromatic carbocycles. The van der Waals surface area contributed by atoms with Crippen molar-refractivity contribution in [2.75, 3.05) is 12.0 Å². The van der Waals surface area contributed by atoms with E-state index in [1.807, 2.05) is 12.1 Å². The van der Waals surface area contributed by atoms with Crippen LogP contribution in [0, 0.1) is 0 Å². The maximum Gasteiger partial charge on any atom is 0.149 e. The first-order chi connectivity index (χ1) is 6.90. The molecule has 1 atom stereocenters. The standard InChI is InChI=1S/C8H13BrN2O2S2/c1-15(12,13)5-6(11-10)4-7-2-3-8(9)14-7/h2-3,6,11H,4-5,10H2,1H3. The number of hydrogen-bond donors (Lipinski definition) is 2. The molecule has 1 heterocycles. The van der Waals surface area contributed by atoms with Crippen LogP contribution in [-0.4, -0.2) is 26.5 Å². The third kappa shape index (κ3) is 5.07. The van der Waals surface area contributed by atoms with Gasteiger partial charge in [-0.15, -0.1) is 11.3 Å². The lowest BCUT2D eigenvalue weighted by molar-refractivity contribution is 0.548. The van der Waals surface area contributed by atoms with Crippen LogP contribution in [-0.2, 0) is 16.3 Å². The Morgan fingerprint density at radius 3 is 2.67 bits per heavy atom. The molecule has 0 fully saturated rings. The molecule has 0 aliphatic carbocycles. The Bertz CT molecular complexity index is 416.